The van der Waals surface area contributed by atoms with Crippen molar-refractivity contribution < 1.29 is 14.3 Å². The normalized spacial score (nSPS) is 26.5. The van der Waals surface area contributed by atoms with Crippen LogP contribution in [-0.4, -0.2) is 48.5 Å². The topological polar surface area (TPSA) is 61.9 Å². The van der Waals surface area contributed by atoms with Crippen LogP contribution in [-0.2, 0) is 11.3 Å². The van der Waals surface area contributed by atoms with E-state index in [1.54, 1.807) is 24.0 Å². The van der Waals surface area contributed by atoms with Crippen LogP contribution in [0.15, 0.2) is 36.4 Å². The van der Waals surface area contributed by atoms with Crippen molar-refractivity contribution in [2.45, 2.75) is 45.4 Å². The van der Waals surface area contributed by atoms with Crippen LogP contribution in [0.25, 0.3) is 0 Å². The molecule has 4 aliphatic heterocycles. The fraction of sp³-hybridized carbons (Fsp3) is 0.440. The Morgan fingerprint density at radius 2 is 1.91 bits per heavy atom. The molecule has 0 radical (unpaired) electrons. The fourth-order valence-electron chi connectivity index (χ4n) is 5.05. The molecule has 1 N–H and O–H groups in total. The van der Waals surface area contributed by atoms with Crippen LogP contribution in [0.1, 0.15) is 41.3 Å². The number of carbonyl (C=O) groups excluding carboxylic acids is 2. The van der Waals surface area contributed by atoms with Crippen LogP contribution in [0.3, 0.4) is 0 Å². The van der Waals surface area contributed by atoms with E-state index >= 15 is 0 Å². The van der Waals surface area contributed by atoms with Crippen molar-refractivity contribution >= 4 is 29.1 Å². The summed E-state index contributed by atoms with van der Waals surface area (Å²) in [6.45, 7) is 7.24. The number of hydrogen-bond acceptors (Lipinski definition) is 4. The lowest BCUT2D eigenvalue weighted by molar-refractivity contribution is -0.125. The number of fused-ring (bicyclic) bond motifs is 4. The van der Waals surface area contributed by atoms with Crippen molar-refractivity contribution in [2.24, 2.45) is 5.92 Å². The van der Waals surface area contributed by atoms with Crippen molar-refractivity contribution in [3.05, 3.63) is 58.1 Å². The summed E-state index contributed by atoms with van der Waals surface area (Å²) in [5, 5.41) is 3.62. The number of anilines is 1. The SMILES string of the molecule is Cc1ccc(CN2C(=O)C(C)Oc3c(C(=O)NC4CN5CCC4CC5)cc(Cl)cc32)cc1. The van der Waals surface area contributed by atoms with Crippen molar-refractivity contribution in [3.63, 3.8) is 0 Å². The van der Waals surface area contributed by atoms with Gasteiger partial charge in [-0.3, -0.25) is 9.59 Å². The number of benzene rings is 2. The van der Waals surface area contributed by atoms with Gasteiger partial charge < -0.3 is 19.9 Å². The maximum Gasteiger partial charge on any atom is 0.268 e. The number of nitrogens with one attached hydrogen (secondary N) is 1. The third kappa shape index (κ3) is 3.97. The summed E-state index contributed by atoms with van der Waals surface area (Å²) >= 11 is 6.42. The van der Waals surface area contributed by atoms with Gasteiger partial charge in [-0.2, -0.15) is 0 Å². The molecule has 6 nitrogen and oxygen atoms in total. The number of amides is 2. The van der Waals surface area contributed by atoms with Gasteiger partial charge in [-0.15, -0.1) is 0 Å². The molecule has 2 atom stereocenters. The van der Waals surface area contributed by atoms with Crippen LogP contribution >= 0.6 is 11.6 Å². The Morgan fingerprint density at radius 3 is 2.56 bits per heavy atom. The quantitative estimate of drug-likeness (QED) is 0.765. The molecule has 2 bridgehead atoms. The molecule has 4 heterocycles. The lowest BCUT2D eigenvalue weighted by Gasteiger charge is -2.45. The third-order valence-electron chi connectivity index (χ3n) is 6.91. The molecule has 0 aliphatic carbocycles. The van der Waals surface area contributed by atoms with Crippen molar-refractivity contribution in [2.75, 3.05) is 24.5 Å². The van der Waals surface area contributed by atoms with Crippen LogP contribution in [0.2, 0.25) is 5.02 Å². The molecule has 32 heavy (non-hydrogen) atoms. The minimum atomic E-state index is -0.683. The van der Waals surface area contributed by atoms with E-state index in [1.165, 1.54) is 0 Å². The van der Waals surface area contributed by atoms with Crippen molar-refractivity contribution in [1.29, 1.82) is 0 Å². The largest absolute Gasteiger partial charge is 0.478 e. The van der Waals surface area contributed by atoms with Gasteiger partial charge in [-0.05, 0) is 63.4 Å². The molecule has 2 amide bonds. The van der Waals surface area contributed by atoms with Gasteiger partial charge in [0.15, 0.2) is 11.9 Å². The Bertz CT molecular complexity index is 1050. The highest BCUT2D eigenvalue weighted by molar-refractivity contribution is 6.31. The molecular weight excluding hydrogens is 426 g/mol. The number of piperidine rings is 3. The highest BCUT2D eigenvalue weighted by Crippen LogP contribution is 2.41. The first-order valence-electron chi connectivity index (χ1n) is 11.3. The summed E-state index contributed by atoms with van der Waals surface area (Å²) in [5.41, 5.74) is 3.09. The first-order chi connectivity index (χ1) is 15.4. The molecule has 7 heteroatoms. The lowest BCUT2D eigenvalue weighted by Crippen LogP contribution is -2.57. The number of nitrogens with zero attached hydrogens (tertiary/aromatic N) is 2. The zero-order chi connectivity index (χ0) is 22.4. The predicted octanol–water partition coefficient (Wildman–Crippen LogP) is 3.79. The molecular formula is C25H28ClN3O3. The fourth-order valence-corrected chi connectivity index (χ4v) is 5.26. The summed E-state index contributed by atoms with van der Waals surface area (Å²) in [6.07, 6.45) is 1.55. The molecule has 4 aliphatic rings. The Kier molecular flexibility index (Phi) is 5.59. The minimum absolute atomic E-state index is 0.130. The highest BCUT2D eigenvalue weighted by atomic mass is 35.5. The second-order valence-electron chi connectivity index (χ2n) is 9.19. The summed E-state index contributed by atoms with van der Waals surface area (Å²) < 4.78 is 5.97. The number of halogens is 1. The van der Waals surface area contributed by atoms with Gasteiger partial charge in [0, 0.05) is 17.6 Å². The van der Waals surface area contributed by atoms with E-state index in [4.69, 9.17) is 16.3 Å². The van der Waals surface area contributed by atoms with Crippen LogP contribution < -0.4 is 15.0 Å². The standard InChI is InChI=1S/C25H28ClN3O3/c1-15-3-5-17(6-4-15)13-29-22-12-19(26)11-20(23(22)32-16(2)25(29)31)24(30)27-21-14-28-9-7-18(21)8-10-28/h3-6,11-12,16,18,21H,7-10,13-14H2,1-2H3,(H,27,30). The van der Waals surface area contributed by atoms with Crippen LogP contribution in [0.4, 0.5) is 5.69 Å². The second kappa shape index (κ2) is 8.41. The third-order valence-corrected chi connectivity index (χ3v) is 7.13. The monoisotopic (exact) mass is 453 g/mol. The van der Waals surface area contributed by atoms with E-state index in [2.05, 4.69) is 10.2 Å². The molecule has 3 fully saturated rings. The molecule has 0 spiro atoms. The maximum atomic E-state index is 13.3. The Morgan fingerprint density at radius 1 is 1.19 bits per heavy atom. The van der Waals surface area contributed by atoms with Gasteiger partial charge in [0.05, 0.1) is 17.8 Å². The molecule has 2 aromatic carbocycles. The average molecular weight is 454 g/mol. The van der Waals surface area contributed by atoms with Gasteiger partial charge in [0.1, 0.15) is 0 Å². The van der Waals surface area contributed by atoms with Gasteiger partial charge in [-0.25, -0.2) is 0 Å². The molecule has 2 aromatic rings. The van der Waals surface area contributed by atoms with Gasteiger partial charge >= 0.3 is 0 Å². The second-order valence-corrected chi connectivity index (χ2v) is 9.63. The summed E-state index contributed by atoms with van der Waals surface area (Å²) in [4.78, 5) is 30.4. The van der Waals surface area contributed by atoms with Gasteiger partial charge in [0.2, 0.25) is 0 Å². The number of hydrogen-bond donors (Lipinski definition) is 1. The van der Waals surface area contributed by atoms with Crippen molar-refractivity contribution in [3.8, 4) is 5.75 Å². The highest BCUT2D eigenvalue weighted by Gasteiger charge is 2.38. The molecule has 0 aromatic heterocycles. The summed E-state index contributed by atoms with van der Waals surface area (Å²) in [7, 11) is 0. The summed E-state index contributed by atoms with van der Waals surface area (Å²) in [5.74, 6) is 0.592. The Hall–Kier alpha value is -2.57. The van der Waals surface area contributed by atoms with Gasteiger partial charge in [-0.1, -0.05) is 41.4 Å². The first kappa shape index (κ1) is 21.3. The average Bonchev–Trinajstić information content (AvgIpc) is 2.79. The van der Waals surface area contributed by atoms with Gasteiger partial charge in [0.25, 0.3) is 11.8 Å². The van der Waals surface area contributed by atoms with E-state index < -0.39 is 6.10 Å². The minimum Gasteiger partial charge on any atom is -0.478 e. The molecule has 168 valence electrons. The molecule has 6 rings (SSSR count). The Labute approximate surface area is 193 Å². The smallest absolute Gasteiger partial charge is 0.268 e. The number of carbonyl (C=O) groups is 2. The van der Waals surface area contributed by atoms with Crippen LogP contribution in [0, 0.1) is 12.8 Å². The summed E-state index contributed by atoms with van der Waals surface area (Å²) in [6, 6.07) is 11.5. The number of rotatable bonds is 4. The first-order valence-corrected chi connectivity index (χ1v) is 11.7. The van der Waals surface area contributed by atoms with E-state index in [0.29, 0.717) is 34.5 Å². The number of ether oxygens (including phenoxy) is 1. The predicted molar refractivity (Wildman–Crippen MR) is 124 cm³/mol. The van der Waals surface area contributed by atoms with Crippen molar-refractivity contribution in [1.82, 2.24) is 10.2 Å². The molecule has 3 saturated heterocycles. The van der Waals surface area contributed by atoms with E-state index in [0.717, 1.165) is 43.6 Å². The van der Waals surface area contributed by atoms with Crippen LogP contribution in [0.5, 0.6) is 5.75 Å². The zero-order valence-electron chi connectivity index (χ0n) is 18.4. The Balaban J connectivity index is 1.46. The maximum absolute atomic E-state index is 13.3. The number of aryl methyl sites for hydroxylation is 1. The molecule has 0 saturated carbocycles. The molecule has 2 unspecified atom stereocenters. The lowest BCUT2D eigenvalue weighted by atomic mass is 9.84. The zero-order valence-corrected chi connectivity index (χ0v) is 19.2. The van der Waals surface area contributed by atoms with E-state index in [1.807, 2.05) is 31.2 Å². The van der Waals surface area contributed by atoms with E-state index in [-0.39, 0.29) is 17.9 Å². The van der Waals surface area contributed by atoms with E-state index in [9.17, 15) is 9.59 Å².